The molecule has 0 saturated heterocycles. The molecule has 2 aromatic carbocycles. The number of nitrogens with two attached hydrogens (primary N) is 1. The van der Waals surface area contributed by atoms with E-state index in [1.807, 2.05) is 30.3 Å². The smallest absolute Gasteiger partial charge is 0.254 e. The number of nitrogens with one attached hydrogen (secondary N) is 1. The lowest BCUT2D eigenvalue weighted by atomic mass is 10.1. The highest BCUT2D eigenvalue weighted by atomic mass is 19.1. The zero-order valence-corrected chi connectivity index (χ0v) is 10.8. The van der Waals surface area contributed by atoms with E-state index >= 15 is 0 Å². The van der Waals surface area contributed by atoms with Gasteiger partial charge in [0.1, 0.15) is 5.82 Å². The maximum absolute atomic E-state index is 13.7. The number of hydrogen-bond donors (Lipinski definition) is 2. The van der Waals surface area contributed by atoms with Crippen molar-refractivity contribution in [2.75, 3.05) is 5.73 Å². The summed E-state index contributed by atoms with van der Waals surface area (Å²) in [5.74, 6) is -0.637. The fraction of sp³-hybridized carbons (Fsp3) is 0.188. The predicted octanol–water partition coefficient (Wildman–Crippen LogP) is 2.69. The summed E-state index contributed by atoms with van der Waals surface area (Å²) in [6.45, 7) is 0. The van der Waals surface area contributed by atoms with Gasteiger partial charge in [0.2, 0.25) is 0 Å². The maximum Gasteiger partial charge on any atom is 0.254 e. The number of hydrogen-bond acceptors (Lipinski definition) is 2. The van der Waals surface area contributed by atoms with Gasteiger partial charge in [0.25, 0.3) is 5.91 Å². The Morgan fingerprint density at radius 3 is 2.65 bits per heavy atom. The highest BCUT2D eigenvalue weighted by molar-refractivity contribution is 5.95. The van der Waals surface area contributed by atoms with E-state index in [9.17, 15) is 9.18 Å². The SMILES string of the molecule is Nc1ccc(C(=O)NC2CC2c2ccccc2)c(F)c1. The second-order valence-corrected chi connectivity index (χ2v) is 5.07. The molecule has 4 heteroatoms. The Labute approximate surface area is 116 Å². The molecule has 1 amide bonds. The molecular weight excluding hydrogens is 255 g/mol. The van der Waals surface area contributed by atoms with Gasteiger partial charge in [-0.2, -0.15) is 0 Å². The third kappa shape index (κ3) is 2.50. The van der Waals surface area contributed by atoms with Gasteiger partial charge in [-0.25, -0.2) is 4.39 Å². The van der Waals surface area contributed by atoms with E-state index in [2.05, 4.69) is 5.32 Å². The van der Waals surface area contributed by atoms with Crippen molar-refractivity contribution in [3.8, 4) is 0 Å². The molecule has 1 fully saturated rings. The molecule has 20 heavy (non-hydrogen) atoms. The summed E-state index contributed by atoms with van der Waals surface area (Å²) in [5.41, 5.74) is 7.02. The number of amides is 1. The van der Waals surface area contributed by atoms with Crippen LogP contribution in [0.15, 0.2) is 48.5 Å². The molecule has 1 aliphatic carbocycles. The number of anilines is 1. The Morgan fingerprint density at radius 1 is 1.20 bits per heavy atom. The van der Waals surface area contributed by atoms with E-state index in [-0.39, 0.29) is 17.5 Å². The second kappa shape index (κ2) is 4.96. The van der Waals surface area contributed by atoms with Crippen molar-refractivity contribution in [3.05, 3.63) is 65.5 Å². The van der Waals surface area contributed by atoms with Gasteiger partial charge in [0, 0.05) is 17.6 Å². The Kier molecular flexibility index (Phi) is 3.14. The van der Waals surface area contributed by atoms with Crippen molar-refractivity contribution in [1.82, 2.24) is 5.32 Å². The van der Waals surface area contributed by atoms with Gasteiger partial charge in [-0.15, -0.1) is 0 Å². The van der Waals surface area contributed by atoms with Crippen molar-refractivity contribution in [2.45, 2.75) is 18.4 Å². The van der Waals surface area contributed by atoms with Crippen molar-refractivity contribution < 1.29 is 9.18 Å². The maximum atomic E-state index is 13.7. The summed E-state index contributed by atoms with van der Waals surface area (Å²) < 4.78 is 13.7. The summed E-state index contributed by atoms with van der Waals surface area (Å²) >= 11 is 0. The van der Waals surface area contributed by atoms with Crippen LogP contribution in [0, 0.1) is 5.82 Å². The van der Waals surface area contributed by atoms with Crippen LogP contribution in [0.4, 0.5) is 10.1 Å². The van der Waals surface area contributed by atoms with Gasteiger partial charge in [0.15, 0.2) is 0 Å². The predicted molar refractivity (Wildman–Crippen MR) is 75.9 cm³/mol. The molecule has 1 saturated carbocycles. The minimum atomic E-state index is -0.584. The van der Waals surface area contributed by atoms with Crippen molar-refractivity contribution in [1.29, 1.82) is 0 Å². The van der Waals surface area contributed by atoms with Crippen LogP contribution in [0.2, 0.25) is 0 Å². The zero-order chi connectivity index (χ0) is 14.1. The van der Waals surface area contributed by atoms with E-state index in [0.29, 0.717) is 11.6 Å². The van der Waals surface area contributed by atoms with Gasteiger partial charge in [-0.3, -0.25) is 4.79 Å². The molecule has 102 valence electrons. The van der Waals surface area contributed by atoms with Crippen LogP contribution in [0.1, 0.15) is 28.3 Å². The van der Waals surface area contributed by atoms with Crippen LogP contribution in [0.5, 0.6) is 0 Å². The summed E-state index contributed by atoms with van der Waals surface area (Å²) in [7, 11) is 0. The normalized spacial score (nSPS) is 20.4. The van der Waals surface area contributed by atoms with Gasteiger partial charge in [-0.05, 0) is 30.2 Å². The second-order valence-electron chi connectivity index (χ2n) is 5.07. The monoisotopic (exact) mass is 270 g/mol. The van der Waals surface area contributed by atoms with Crippen molar-refractivity contribution in [2.24, 2.45) is 0 Å². The largest absolute Gasteiger partial charge is 0.399 e. The first kappa shape index (κ1) is 12.7. The molecule has 0 spiro atoms. The van der Waals surface area contributed by atoms with Crippen LogP contribution in [0.25, 0.3) is 0 Å². The van der Waals surface area contributed by atoms with Crippen LogP contribution >= 0.6 is 0 Å². The minimum absolute atomic E-state index is 0.0397. The summed E-state index contributed by atoms with van der Waals surface area (Å²) in [4.78, 5) is 12.0. The number of carbonyl (C=O) groups excluding carboxylic acids is 1. The first-order chi connectivity index (χ1) is 9.65. The first-order valence-electron chi connectivity index (χ1n) is 6.56. The number of rotatable bonds is 3. The lowest BCUT2D eigenvalue weighted by molar-refractivity contribution is 0.0946. The van der Waals surface area contributed by atoms with Crippen LogP contribution in [-0.4, -0.2) is 11.9 Å². The van der Waals surface area contributed by atoms with Crippen LogP contribution in [-0.2, 0) is 0 Å². The molecule has 1 aliphatic rings. The molecular formula is C16H15FN2O. The van der Waals surface area contributed by atoms with Gasteiger partial charge >= 0.3 is 0 Å². The van der Waals surface area contributed by atoms with E-state index in [4.69, 9.17) is 5.73 Å². The van der Waals surface area contributed by atoms with Crippen molar-refractivity contribution >= 4 is 11.6 Å². The zero-order valence-electron chi connectivity index (χ0n) is 10.8. The summed E-state index contributed by atoms with van der Waals surface area (Å²) in [5, 5.41) is 2.86. The molecule has 2 atom stereocenters. The molecule has 3 N–H and O–H groups in total. The quantitative estimate of drug-likeness (QED) is 0.842. The number of halogens is 1. The third-order valence-electron chi connectivity index (χ3n) is 3.57. The molecule has 3 nitrogen and oxygen atoms in total. The fourth-order valence-electron chi connectivity index (χ4n) is 2.38. The minimum Gasteiger partial charge on any atom is -0.399 e. The average molecular weight is 270 g/mol. The molecule has 0 radical (unpaired) electrons. The lowest BCUT2D eigenvalue weighted by Crippen LogP contribution is -2.27. The van der Waals surface area contributed by atoms with E-state index in [1.165, 1.54) is 17.7 Å². The fourth-order valence-corrected chi connectivity index (χ4v) is 2.38. The topological polar surface area (TPSA) is 55.1 Å². The highest BCUT2D eigenvalue weighted by Crippen LogP contribution is 2.40. The molecule has 0 heterocycles. The van der Waals surface area contributed by atoms with E-state index in [1.54, 1.807) is 0 Å². The third-order valence-corrected chi connectivity index (χ3v) is 3.57. The van der Waals surface area contributed by atoms with Gasteiger partial charge in [-0.1, -0.05) is 30.3 Å². The van der Waals surface area contributed by atoms with Gasteiger partial charge in [0.05, 0.1) is 5.56 Å². The van der Waals surface area contributed by atoms with Crippen LogP contribution in [0.3, 0.4) is 0 Å². The van der Waals surface area contributed by atoms with Crippen molar-refractivity contribution in [3.63, 3.8) is 0 Å². The Hall–Kier alpha value is -2.36. The molecule has 0 aromatic heterocycles. The van der Waals surface area contributed by atoms with E-state index in [0.717, 1.165) is 12.5 Å². The molecule has 2 aromatic rings. The van der Waals surface area contributed by atoms with Gasteiger partial charge < -0.3 is 11.1 Å². The number of benzene rings is 2. The summed E-state index contributed by atoms with van der Waals surface area (Å²) in [6, 6.07) is 14.2. The average Bonchev–Trinajstić information content (AvgIpc) is 3.18. The highest BCUT2D eigenvalue weighted by Gasteiger charge is 2.39. The Bertz CT molecular complexity index is 642. The Balaban J connectivity index is 1.66. The van der Waals surface area contributed by atoms with Crippen LogP contribution < -0.4 is 11.1 Å². The molecule has 0 bridgehead atoms. The number of carbonyl (C=O) groups is 1. The first-order valence-corrected chi connectivity index (χ1v) is 6.56. The summed E-state index contributed by atoms with van der Waals surface area (Å²) in [6.07, 6.45) is 0.895. The number of nitrogen functional groups attached to an aromatic ring is 1. The molecule has 0 aliphatic heterocycles. The molecule has 2 unspecified atom stereocenters. The molecule has 3 rings (SSSR count). The Morgan fingerprint density at radius 2 is 1.95 bits per heavy atom. The standard InChI is InChI=1S/C16H15FN2O/c17-14-8-11(18)6-7-12(14)16(20)19-15-9-13(15)10-4-2-1-3-5-10/h1-8,13,15H,9,18H2,(H,19,20). The van der Waals surface area contributed by atoms with E-state index < -0.39 is 5.82 Å². The lowest BCUT2D eigenvalue weighted by Gasteiger charge is -2.06.